The van der Waals surface area contributed by atoms with Gasteiger partial charge in [0.2, 0.25) is 0 Å². The lowest BCUT2D eigenvalue weighted by atomic mass is 10.2. The van der Waals surface area contributed by atoms with E-state index < -0.39 is 0 Å². The van der Waals surface area contributed by atoms with Crippen LogP contribution in [-0.4, -0.2) is 6.29 Å². The van der Waals surface area contributed by atoms with E-state index >= 15 is 0 Å². The molecule has 4 heteroatoms. The fourth-order valence-corrected chi connectivity index (χ4v) is 2.93. The molecule has 2 nitrogen and oxygen atoms in total. The summed E-state index contributed by atoms with van der Waals surface area (Å²) < 4.78 is 1.98. The maximum absolute atomic E-state index is 10.6. The predicted octanol–water partition coefficient (Wildman–Crippen LogP) is 3.19. The van der Waals surface area contributed by atoms with Gasteiger partial charge in [0.1, 0.15) is 6.07 Å². The Morgan fingerprint density at radius 1 is 1.43 bits per heavy atom. The van der Waals surface area contributed by atoms with Crippen LogP contribution in [0, 0.1) is 14.9 Å². The van der Waals surface area contributed by atoms with Gasteiger partial charge in [-0.25, -0.2) is 0 Å². The van der Waals surface area contributed by atoms with Crippen molar-refractivity contribution in [2.45, 2.75) is 0 Å². The van der Waals surface area contributed by atoms with Crippen LogP contribution in [0.1, 0.15) is 15.2 Å². The second-order valence-corrected chi connectivity index (χ2v) is 5.03. The Morgan fingerprint density at radius 3 is 2.86 bits per heavy atom. The lowest BCUT2D eigenvalue weighted by Crippen LogP contribution is -1.79. The molecule has 2 aromatic rings. The van der Waals surface area contributed by atoms with E-state index in [-0.39, 0.29) is 0 Å². The number of hydrogen-bond acceptors (Lipinski definition) is 3. The molecule has 0 saturated carbocycles. The van der Waals surface area contributed by atoms with Gasteiger partial charge in [-0.2, -0.15) is 5.26 Å². The van der Waals surface area contributed by atoms with Gasteiger partial charge in [0.15, 0.2) is 6.29 Å². The summed E-state index contributed by atoms with van der Waals surface area (Å²) in [6.07, 6.45) is 0.837. The number of fused-ring (bicyclic) bond motifs is 1. The summed E-state index contributed by atoms with van der Waals surface area (Å²) in [6, 6.07) is 7.69. The van der Waals surface area contributed by atoms with Crippen molar-refractivity contribution < 1.29 is 4.79 Å². The maximum Gasteiger partial charge on any atom is 0.160 e. The van der Waals surface area contributed by atoms with Gasteiger partial charge in [-0.15, -0.1) is 11.3 Å². The number of halogens is 1. The Morgan fingerprint density at radius 2 is 2.21 bits per heavy atom. The van der Waals surface area contributed by atoms with Crippen molar-refractivity contribution in [3.63, 3.8) is 0 Å². The topological polar surface area (TPSA) is 40.9 Å². The first-order chi connectivity index (χ1) is 6.74. The smallest absolute Gasteiger partial charge is 0.160 e. The highest BCUT2D eigenvalue weighted by Gasteiger charge is 2.05. The molecule has 1 aromatic heterocycles. The average molecular weight is 313 g/mol. The molecule has 0 aliphatic heterocycles. The van der Waals surface area contributed by atoms with E-state index in [1.54, 1.807) is 0 Å². The zero-order valence-corrected chi connectivity index (χ0v) is 9.93. The number of rotatable bonds is 1. The van der Waals surface area contributed by atoms with Crippen molar-refractivity contribution in [1.29, 1.82) is 5.26 Å². The Kier molecular flexibility index (Phi) is 2.52. The molecule has 1 aromatic carbocycles. The second-order valence-electron chi connectivity index (χ2n) is 2.75. The van der Waals surface area contributed by atoms with Gasteiger partial charge in [-0.1, -0.05) is 0 Å². The molecule has 0 bridgehead atoms. The summed E-state index contributed by atoms with van der Waals surface area (Å²) >= 11 is 3.57. The van der Waals surface area contributed by atoms with Gasteiger partial charge < -0.3 is 0 Å². The van der Waals surface area contributed by atoms with E-state index in [9.17, 15) is 4.79 Å². The van der Waals surface area contributed by atoms with E-state index in [0.29, 0.717) is 10.4 Å². The number of thiophene rings is 1. The van der Waals surface area contributed by atoms with E-state index in [1.807, 2.05) is 18.2 Å². The minimum absolute atomic E-state index is 0.661. The van der Waals surface area contributed by atoms with Crippen LogP contribution in [0.3, 0.4) is 0 Å². The van der Waals surface area contributed by atoms with Gasteiger partial charge >= 0.3 is 0 Å². The van der Waals surface area contributed by atoms with Gasteiger partial charge in [0.05, 0.1) is 10.4 Å². The molecule has 0 amide bonds. The third kappa shape index (κ3) is 1.53. The summed E-state index contributed by atoms with van der Waals surface area (Å²) in [5, 5.41) is 9.79. The highest BCUT2D eigenvalue weighted by Crippen LogP contribution is 2.28. The molecule has 0 aliphatic rings. The molecule has 1 heterocycles. The van der Waals surface area contributed by atoms with Crippen LogP contribution in [0.25, 0.3) is 10.1 Å². The predicted molar refractivity (Wildman–Crippen MR) is 64.6 cm³/mol. The second kappa shape index (κ2) is 3.67. The Labute approximate surface area is 98.3 Å². The number of carbonyl (C=O) groups excluding carboxylic acids is 1. The maximum atomic E-state index is 10.6. The minimum Gasteiger partial charge on any atom is -0.297 e. The van der Waals surface area contributed by atoms with Gasteiger partial charge in [-0.05, 0) is 46.2 Å². The first kappa shape index (κ1) is 9.62. The van der Waals surface area contributed by atoms with E-state index in [0.717, 1.165) is 19.9 Å². The van der Waals surface area contributed by atoms with Crippen molar-refractivity contribution in [3.8, 4) is 6.07 Å². The Hall–Kier alpha value is -0.930. The van der Waals surface area contributed by atoms with Gasteiger partial charge in [0.25, 0.3) is 0 Å². The molecule has 0 aliphatic carbocycles. The average Bonchev–Trinajstić information content (AvgIpc) is 2.58. The zero-order chi connectivity index (χ0) is 10.1. The fourth-order valence-electron chi connectivity index (χ4n) is 1.23. The molecule has 0 N–H and O–H groups in total. The van der Waals surface area contributed by atoms with Crippen LogP contribution in [0.4, 0.5) is 0 Å². The number of hydrogen-bond donors (Lipinski definition) is 0. The first-order valence-corrected chi connectivity index (χ1v) is 5.72. The first-order valence-electron chi connectivity index (χ1n) is 3.83. The zero-order valence-electron chi connectivity index (χ0n) is 6.95. The summed E-state index contributed by atoms with van der Waals surface area (Å²) in [7, 11) is 0. The minimum atomic E-state index is 0.661. The summed E-state index contributed by atoms with van der Waals surface area (Å²) in [4.78, 5) is 11.3. The van der Waals surface area contributed by atoms with Crippen molar-refractivity contribution in [3.05, 3.63) is 32.2 Å². The third-order valence-corrected chi connectivity index (χ3v) is 3.78. The van der Waals surface area contributed by atoms with E-state index in [2.05, 4.69) is 28.7 Å². The molecule has 14 heavy (non-hydrogen) atoms. The normalized spacial score (nSPS) is 10.0. The van der Waals surface area contributed by atoms with Crippen LogP contribution >= 0.6 is 33.9 Å². The molecular formula is C10H4INOS. The van der Waals surface area contributed by atoms with Crippen LogP contribution in [-0.2, 0) is 0 Å². The van der Waals surface area contributed by atoms with Gasteiger partial charge in [0, 0.05) is 8.27 Å². The number of aldehydes is 1. The fraction of sp³-hybridized carbons (Fsp3) is 0. The molecule has 0 radical (unpaired) electrons. The van der Waals surface area contributed by atoms with E-state index in [4.69, 9.17) is 5.26 Å². The highest BCUT2D eigenvalue weighted by atomic mass is 127. The van der Waals surface area contributed by atoms with Crippen molar-refractivity contribution >= 4 is 50.3 Å². The molecule has 0 spiro atoms. The van der Waals surface area contributed by atoms with Gasteiger partial charge in [-0.3, -0.25) is 4.79 Å². The van der Waals surface area contributed by atoms with Crippen LogP contribution < -0.4 is 0 Å². The molecular weight excluding hydrogens is 309 g/mol. The van der Waals surface area contributed by atoms with Crippen molar-refractivity contribution in [2.75, 3.05) is 0 Å². The monoisotopic (exact) mass is 313 g/mol. The molecule has 0 fully saturated rings. The molecule has 2 rings (SSSR count). The SMILES string of the molecule is N#Cc1cc2cc(C=O)sc2cc1I. The number of nitriles is 1. The number of nitrogens with zero attached hydrogens (tertiary/aromatic N) is 1. The Bertz CT molecular complexity index is 553. The van der Waals surface area contributed by atoms with Crippen LogP contribution in [0.5, 0.6) is 0 Å². The standard InChI is InChI=1S/C10H4INOS/c11-9-3-10-6(1-7(9)4-12)2-8(5-13)14-10/h1-3,5H. The quantitative estimate of drug-likeness (QED) is 0.599. The molecule has 0 saturated heterocycles. The summed E-state index contributed by atoms with van der Waals surface area (Å²) in [6.45, 7) is 0. The lowest BCUT2D eigenvalue weighted by molar-refractivity contribution is 0.112. The summed E-state index contributed by atoms with van der Waals surface area (Å²) in [5.41, 5.74) is 0.661. The lowest BCUT2D eigenvalue weighted by Gasteiger charge is -1.94. The Balaban J connectivity index is 2.77. The largest absolute Gasteiger partial charge is 0.297 e. The van der Waals surface area contributed by atoms with Crippen LogP contribution in [0.2, 0.25) is 0 Å². The van der Waals surface area contributed by atoms with Crippen molar-refractivity contribution in [1.82, 2.24) is 0 Å². The third-order valence-electron chi connectivity index (χ3n) is 1.86. The summed E-state index contributed by atoms with van der Waals surface area (Å²) in [5.74, 6) is 0. The van der Waals surface area contributed by atoms with Crippen molar-refractivity contribution in [2.24, 2.45) is 0 Å². The molecule has 68 valence electrons. The number of benzene rings is 1. The van der Waals surface area contributed by atoms with Crippen LogP contribution in [0.15, 0.2) is 18.2 Å². The number of carbonyl (C=O) groups is 1. The molecule has 0 atom stereocenters. The van der Waals surface area contributed by atoms with E-state index in [1.165, 1.54) is 11.3 Å². The molecule has 0 unspecified atom stereocenters. The highest BCUT2D eigenvalue weighted by molar-refractivity contribution is 14.1.